The number of benzene rings is 1. The highest BCUT2D eigenvalue weighted by Gasteiger charge is 2.32. The predicted octanol–water partition coefficient (Wildman–Crippen LogP) is 3.11. The molecule has 2 N–H and O–H groups in total. The van der Waals surface area contributed by atoms with Crippen LogP contribution in [0.3, 0.4) is 0 Å². The summed E-state index contributed by atoms with van der Waals surface area (Å²) in [4.78, 5) is 0. The van der Waals surface area contributed by atoms with Gasteiger partial charge in [-0.2, -0.15) is 0 Å². The number of hydrogen-bond donors (Lipinski definition) is 1. The minimum Gasteiger partial charge on any atom is -0.325 e. The molecule has 1 atom stereocenters. The van der Waals surface area contributed by atoms with Gasteiger partial charge in [-0.15, -0.1) is 0 Å². The summed E-state index contributed by atoms with van der Waals surface area (Å²) >= 11 is 6.00. The van der Waals surface area contributed by atoms with Gasteiger partial charge in [-0.1, -0.05) is 17.7 Å². The normalized spacial score (nSPS) is 21.0. The van der Waals surface area contributed by atoms with Crippen molar-refractivity contribution < 1.29 is 0 Å². The highest BCUT2D eigenvalue weighted by molar-refractivity contribution is 6.30. The Bertz CT molecular complexity index is 352. The van der Waals surface area contributed by atoms with Crippen LogP contribution in [0.25, 0.3) is 0 Å². The Morgan fingerprint density at radius 3 is 2.79 bits per heavy atom. The molecule has 0 radical (unpaired) electrons. The zero-order valence-corrected chi connectivity index (χ0v) is 9.43. The number of halogens is 1. The van der Waals surface area contributed by atoms with E-state index in [9.17, 15) is 0 Å². The van der Waals surface area contributed by atoms with Gasteiger partial charge < -0.3 is 5.73 Å². The van der Waals surface area contributed by atoms with Crippen LogP contribution in [0.5, 0.6) is 0 Å². The second-order valence-corrected chi connectivity index (χ2v) is 5.19. The fourth-order valence-corrected chi connectivity index (χ4v) is 2.53. The van der Waals surface area contributed by atoms with Crippen molar-refractivity contribution in [3.05, 3.63) is 34.3 Å². The van der Waals surface area contributed by atoms with Crippen molar-refractivity contribution in [3.63, 3.8) is 0 Å². The van der Waals surface area contributed by atoms with Crippen LogP contribution in [0, 0.1) is 0 Å². The molecule has 0 bridgehead atoms. The van der Waals surface area contributed by atoms with Gasteiger partial charge in [0.25, 0.3) is 0 Å². The van der Waals surface area contributed by atoms with E-state index < -0.39 is 0 Å². The highest BCUT2D eigenvalue weighted by atomic mass is 35.5. The minimum absolute atomic E-state index is 0.143. The molecule has 76 valence electrons. The molecule has 2 rings (SSSR count). The molecule has 0 aliphatic heterocycles. The Morgan fingerprint density at radius 1 is 1.43 bits per heavy atom. The summed E-state index contributed by atoms with van der Waals surface area (Å²) in [6, 6.07) is 6.17. The molecule has 1 aliphatic rings. The molecule has 0 amide bonds. The molecule has 0 fully saturated rings. The Kier molecular flexibility index (Phi) is 2.32. The van der Waals surface area contributed by atoms with E-state index in [4.69, 9.17) is 17.3 Å². The Morgan fingerprint density at radius 2 is 2.14 bits per heavy atom. The van der Waals surface area contributed by atoms with Gasteiger partial charge in [0.15, 0.2) is 0 Å². The van der Waals surface area contributed by atoms with Crippen LogP contribution < -0.4 is 5.73 Å². The summed E-state index contributed by atoms with van der Waals surface area (Å²) in [5.41, 5.74) is 8.79. The molecule has 0 spiro atoms. The van der Waals surface area contributed by atoms with Crippen molar-refractivity contribution in [1.82, 2.24) is 0 Å². The lowest BCUT2D eigenvalue weighted by Crippen LogP contribution is -2.38. The summed E-state index contributed by atoms with van der Waals surface area (Å²) in [6.07, 6.45) is 2.29. The monoisotopic (exact) mass is 209 g/mol. The number of fused-ring (bicyclic) bond motifs is 1. The van der Waals surface area contributed by atoms with E-state index in [2.05, 4.69) is 26.0 Å². The van der Waals surface area contributed by atoms with E-state index in [1.165, 1.54) is 11.1 Å². The van der Waals surface area contributed by atoms with Crippen molar-refractivity contribution in [1.29, 1.82) is 0 Å². The summed E-state index contributed by atoms with van der Waals surface area (Å²) in [6.45, 7) is 4.18. The standard InChI is InChI=1S/C12H16ClN/c1-12(2,14)11-6-4-8-3-5-9(13)7-10(8)11/h3,5,7,11H,4,6,14H2,1-2H3. The van der Waals surface area contributed by atoms with Crippen LogP contribution in [-0.4, -0.2) is 5.54 Å². The fraction of sp³-hybridized carbons (Fsp3) is 0.500. The smallest absolute Gasteiger partial charge is 0.0409 e. The Balaban J connectivity index is 2.43. The fourth-order valence-electron chi connectivity index (χ4n) is 2.35. The summed E-state index contributed by atoms with van der Waals surface area (Å²) in [5.74, 6) is 0.455. The molecule has 0 aromatic heterocycles. The first kappa shape index (κ1) is 10.0. The Labute approximate surface area is 90.3 Å². The molecule has 1 aromatic carbocycles. The lowest BCUT2D eigenvalue weighted by atomic mass is 9.84. The van der Waals surface area contributed by atoms with Crippen LogP contribution in [0.4, 0.5) is 0 Å². The molecule has 0 saturated carbocycles. The van der Waals surface area contributed by atoms with E-state index in [1.807, 2.05) is 6.07 Å². The largest absolute Gasteiger partial charge is 0.325 e. The third-order valence-electron chi connectivity index (χ3n) is 3.08. The second kappa shape index (κ2) is 3.25. The van der Waals surface area contributed by atoms with E-state index in [0.717, 1.165) is 17.9 Å². The van der Waals surface area contributed by atoms with E-state index >= 15 is 0 Å². The second-order valence-electron chi connectivity index (χ2n) is 4.76. The highest BCUT2D eigenvalue weighted by Crippen LogP contribution is 2.40. The van der Waals surface area contributed by atoms with Gasteiger partial charge in [0.1, 0.15) is 0 Å². The van der Waals surface area contributed by atoms with E-state index in [0.29, 0.717) is 5.92 Å². The molecule has 1 aromatic rings. The van der Waals surface area contributed by atoms with Crippen LogP contribution in [0.15, 0.2) is 18.2 Å². The molecule has 14 heavy (non-hydrogen) atoms. The molecule has 1 nitrogen and oxygen atoms in total. The number of aryl methyl sites for hydroxylation is 1. The average molecular weight is 210 g/mol. The third-order valence-corrected chi connectivity index (χ3v) is 3.32. The van der Waals surface area contributed by atoms with Crippen molar-refractivity contribution in [2.75, 3.05) is 0 Å². The van der Waals surface area contributed by atoms with Gasteiger partial charge in [0.05, 0.1) is 0 Å². The molecule has 2 heteroatoms. The molecular formula is C12H16ClN. The maximum Gasteiger partial charge on any atom is 0.0409 e. The lowest BCUT2D eigenvalue weighted by molar-refractivity contribution is 0.409. The average Bonchev–Trinajstić information content (AvgIpc) is 2.45. The van der Waals surface area contributed by atoms with Gasteiger partial charge in [0, 0.05) is 16.5 Å². The van der Waals surface area contributed by atoms with Crippen LogP contribution in [0.2, 0.25) is 5.02 Å². The van der Waals surface area contributed by atoms with Crippen LogP contribution in [-0.2, 0) is 6.42 Å². The van der Waals surface area contributed by atoms with Crippen LogP contribution >= 0.6 is 11.6 Å². The number of rotatable bonds is 1. The van der Waals surface area contributed by atoms with E-state index in [-0.39, 0.29) is 5.54 Å². The lowest BCUT2D eigenvalue weighted by Gasteiger charge is -2.27. The maximum atomic E-state index is 6.16. The minimum atomic E-state index is -0.143. The first-order valence-electron chi connectivity index (χ1n) is 5.05. The number of hydrogen-bond acceptors (Lipinski definition) is 1. The number of nitrogens with two attached hydrogens (primary N) is 1. The molecule has 0 heterocycles. The molecule has 0 saturated heterocycles. The summed E-state index contributed by atoms with van der Waals surface area (Å²) < 4.78 is 0. The third kappa shape index (κ3) is 1.67. The van der Waals surface area contributed by atoms with E-state index in [1.54, 1.807) is 0 Å². The van der Waals surface area contributed by atoms with Crippen molar-refractivity contribution >= 4 is 11.6 Å². The molecule has 1 unspecified atom stereocenters. The van der Waals surface area contributed by atoms with Gasteiger partial charge in [0.2, 0.25) is 0 Å². The van der Waals surface area contributed by atoms with Crippen molar-refractivity contribution in [3.8, 4) is 0 Å². The van der Waals surface area contributed by atoms with Crippen LogP contribution in [0.1, 0.15) is 37.3 Å². The zero-order valence-electron chi connectivity index (χ0n) is 8.68. The van der Waals surface area contributed by atoms with Crippen molar-refractivity contribution in [2.24, 2.45) is 5.73 Å². The summed E-state index contributed by atoms with van der Waals surface area (Å²) in [5, 5.41) is 0.819. The molecule has 1 aliphatic carbocycles. The Hall–Kier alpha value is -0.530. The topological polar surface area (TPSA) is 26.0 Å². The zero-order chi connectivity index (χ0) is 10.3. The van der Waals surface area contributed by atoms with Gasteiger partial charge in [-0.3, -0.25) is 0 Å². The van der Waals surface area contributed by atoms with Gasteiger partial charge in [-0.05, 0) is 49.9 Å². The predicted molar refractivity (Wildman–Crippen MR) is 60.8 cm³/mol. The molecular weight excluding hydrogens is 194 g/mol. The van der Waals surface area contributed by atoms with Gasteiger partial charge in [-0.25, -0.2) is 0 Å². The summed E-state index contributed by atoms with van der Waals surface area (Å²) in [7, 11) is 0. The first-order valence-corrected chi connectivity index (χ1v) is 5.43. The SMILES string of the molecule is CC(C)(N)C1CCc2ccc(Cl)cc21. The quantitative estimate of drug-likeness (QED) is 0.756. The first-order chi connectivity index (χ1) is 6.48. The maximum absolute atomic E-state index is 6.16. The van der Waals surface area contributed by atoms with Crippen molar-refractivity contribution in [2.45, 2.75) is 38.1 Å². The van der Waals surface area contributed by atoms with Gasteiger partial charge >= 0.3 is 0 Å².